The monoisotopic (exact) mass is 1060 g/mol. The van der Waals surface area contributed by atoms with Crippen molar-refractivity contribution in [2.45, 2.75) is 277 Å². The maximum atomic E-state index is 13.4. The molecule has 0 spiro atoms. The molecule has 0 aromatic rings. The van der Waals surface area contributed by atoms with Crippen LogP contribution in [0.25, 0.3) is 0 Å². The van der Waals surface area contributed by atoms with Crippen molar-refractivity contribution in [2.75, 3.05) is 52.6 Å². The third-order valence-electron chi connectivity index (χ3n) is 13.4. The van der Waals surface area contributed by atoms with Crippen LogP contribution < -0.4 is 5.32 Å². The van der Waals surface area contributed by atoms with E-state index in [4.69, 9.17) is 18.9 Å². The molecule has 0 bridgehead atoms. The Morgan fingerprint density at radius 3 is 1.27 bits per heavy atom. The first-order valence-corrected chi connectivity index (χ1v) is 30.8. The van der Waals surface area contributed by atoms with Crippen molar-refractivity contribution in [3.05, 3.63) is 48.6 Å². The van der Waals surface area contributed by atoms with E-state index in [1.165, 1.54) is 96.3 Å². The van der Waals surface area contributed by atoms with Gasteiger partial charge in [-0.1, -0.05) is 191 Å². The zero-order chi connectivity index (χ0) is 54.8. The highest BCUT2D eigenvalue weighted by Crippen LogP contribution is 2.18. The smallest absolute Gasteiger partial charge is 0.407 e. The van der Waals surface area contributed by atoms with E-state index in [2.05, 4.69) is 74.7 Å². The first kappa shape index (κ1) is 71.5. The minimum Gasteiger partial charge on any atom is -0.462 e. The minimum atomic E-state index is -0.958. The Labute approximate surface area is 459 Å². The predicted octanol–water partition coefficient (Wildman–Crippen LogP) is 15.5. The first-order valence-electron chi connectivity index (χ1n) is 30.8. The summed E-state index contributed by atoms with van der Waals surface area (Å²) in [5, 5.41) is 21.5. The van der Waals surface area contributed by atoms with Gasteiger partial charge in [-0.15, -0.1) is 0 Å². The number of rotatable bonds is 56. The molecule has 0 saturated heterocycles. The summed E-state index contributed by atoms with van der Waals surface area (Å²) in [6, 6.07) is 0. The number of hydrogen-bond donors (Lipinski definition) is 3. The van der Waals surface area contributed by atoms with Gasteiger partial charge in [-0.25, -0.2) is 4.79 Å². The Kier molecular flexibility index (Phi) is 55.5. The van der Waals surface area contributed by atoms with E-state index in [1.54, 1.807) is 0 Å². The van der Waals surface area contributed by atoms with Crippen LogP contribution in [0.1, 0.15) is 265 Å². The Morgan fingerprint density at radius 2 is 0.813 bits per heavy atom. The van der Waals surface area contributed by atoms with Crippen molar-refractivity contribution in [1.82, 2.24) is 10.2 Å². The van der Waals surface area contributed by atoms with Gasteiger partial charge in [-0.2, -0.15) is 0 Å². The largest absolute Gasteiger partial charge is 0.462 e. The number of ether oxygens (including phenoxy) is 4. The van der Waals surface area contributed by atoms with Crippen LogP contribution in [0.4, 0.5) is 4.79 Å². The Morgan fingerprint density at radius 1 is 0.413 bits per heavy atom. The molecule has 0 aromatic carbocycles. The molecule has 0 saturated carbocycles. The number of aliphatic hydroxyl groups is 2. The number of alkyl carbamates (subject to hydrolysis) is 1. The van der Waals surface area contributed by atoms with Gasteiger partial charge in [-0.05, 0) is 109 Å². The Bertz CT molecular complexity index is 1350. The molecule has 75 heavy (non-hydrogen) atoms. The summed E-state index contributed by atoms with van der Waals surface area (Å²) in [5.41, 5.74) is 0. The van der Waals surface area contributed by atoms with Crippen LogP contribution in [0.15, 0.2) is 48.6 Å². The third-order valence-corrected chi connectivity index (χ3v) is 13.4. The number of carbonyl (C=O) groups excluding carboxylic acids is 4. The van der Waals surface area contributed by atoms with E-state index < -0.39 is 24.3 Å². The molecule has 0 aromatic heterocycles. The molecule has 1 atom stereocenters. The Balaban J connectivity index is 5.22. The molecular weight excluding hydrogens is 945 g/mol. The summed E-state index contributed by atoms with van der Waals surface area (Å²) in [5.74, 6) is -1.29. The number of esters is 3. The number of allylic oxidation sites excluding steroid dienone is 8. The molecule has 12 heteroatoms. The minimum absolute atomic E-state index is 0.0103. The number of hydrogen-bond acceptors (Lipinski definition) is 11. The lowest BCUT2D eigenvalue weighted by Crippen LogP contribution is -2.35. The molecule has 0 aliphatic heterocycles. The van der Waals surface area contributed by atoms with E-state index in [1.807, 2.05) is 4.90 Å². The molecule has 1 unspecified atom stereocenters. The molecule has 0 aliphatic rings. The molecule has 0 radical (unpaired) electrons. The van der Waals surface area contributed by atoms with Crippen LogP contribution in [0.2, 0.25) is 0 Å². The fourth-order valence-electron chi connectivity index (χ4n) is 8.74. The molecule has 1 amide bonds. The van der Waals surface area contributed by atoms with Crippen LogP contribution in [0, 0.1) is 0 Å². The van der Waals surface area contributed by atoms with Crippen LogP contribution in [-0.2, 0) is 33.3 Å². The van der Waals surface area contributed by atoms with Gasteiger partial charge in [-0.3, -0.25) is 19.3 Å². The summed E-state index contributed by atoms with van der Waals surface area (Å²) in [6.45, 7) is 8.10. The van der Waals surface area contributed by atoms with Crippen molar-refractivity contribution in [3.8, 4) is 0 Å². The summed E-state index contributed by atoms with van der Waals surface area (Å²) >= 11 is 0. The zero-order valence-electron chi connectivity index (χ0n) is 48.4. The molecule has 0 rings (SSSR count). The zero-order valence-corrected chi connectivity index (χ0v) is 48.4. The number of carbonyl (C=O) groups is 4. The molecule has 0 heterocycles. The van der Waals surface area contributed by atoms with Crippen molar-refractivity contribution in [1.29, 1.82) is 0 Å². The van der Waals surface area contributed by atoms with E-state index in [0.717, 1.165) is 96.3 Å². The summed E-state index contributed by atoms with van der Waals surface area (Å²) in [7, 11) is 0. The fraction of sp³-hybridized carbons (Fsp3) is 0.810. The molecule has 436 valence electrons. The van der Waals surface area contributed by atoms with Crippen molar-refractivity contribution in [2.24, 2.45) is 0 Å². The van der Waals surface area contributed by atoms with Gasteiger partial charge >= 0.3 is 24.0 Å². The van der Waals surface area contributed by atoms with E-state index in [9.17, 15) is 29.4 Å². The average molecular weight is 1060 g/mol. The highest BCUT2D eigenvalue weighted by atomic mass is 16.6. The number of nitrogens with one attached hydrogen (secondary N) is 1. The molecule has 3 N–H and O–H groups in total. The highest BCUT2D eigenvalue weighted by Gasteiger charge is 2.22. The van der Waals surface area contributed by atoms with Crippen LogP contribution in [-0.4, -0.2) is 104 Å². The van der Waals surface area contributed by atoms with Crippen LogP contribution in [0.3, 0.4) is 0 Å². The maximum absolute atomic E-state index is 13.4. The van der Waals surface area contributed by atoms with Crippen molar-refractivity contribution >= 4 is 24.0 Å². The van der Waals surface area contributed by atoms with E-state index in [-0.39, 0.29) is 64.0 Å². The number of unbranched alkanes of at least 4 members (excludes halogenated alkanes) is 25. The van der Waals surface area contributed by atoms with E-state index >= 15 is 0 Å². The lowest BCUT2D eigenvalue weighted by molar-refractivity contribution is -0.167. The molecule has 0 aliphatic carbocycles. The lowest BCUT2D eigenvalue weighted by atomic mass is 10.0. The number of aliphatic hydroxyl groups excluding tert-OH is 2. The van der Waals surface area contributed by atoms with Crippen molar-refractivity contribution in [3.63, 3.8) is 0 Å². The average Bonchev–Trinajstić information content (AvgIpc) is 3.40. The van der Waals surface area contributed by atoms with Crippen LogP contribution >= 0.6 is 0 Å². The second kappa shape index (κ2) is 58.2. The van der Waals surface area contributed by atoms with E-state index in [0.29, 0.717) is 51.9 Å². The lowest BCUT2D eigenvalue weighted by Gasteiger charge is -2.21. The summed E-state index contributed by atoms with van der Waals surface area (Å²) < 4.78 is 22.9. The van der Waals surface area contributed by atoms with Gasteiger partial charge < -0.3 is 34.5 Å². The SMILES string of the molecule is CCCCC/C=C\C/C=C\CCCCCCCC(=O)OCC(COC(=O)CCCCCCC/C=C\C/C=C\CCCCC)OC(=O)CCC(CCCCCCCCCCCC)OC(=O)NCCCN(CCO)CCO. The molecule has 12 nitrogen and oxygen atoms in total. The van der Waals surface area contributed by atoms with Gasteiger partial charge in [0, 0.05) is 38.9 Å². The van der Waals surface area contributed by atoms with Gasteiger partial charge in [0.2, 0.25) is 0 Å². The highest BCUT2D eigenvalue weighted by molar-refractivity contribution is 5.71. The fourth-order valence-corrected chi connectivity index (χ4v) is 8.74. The topological polar surface area (TPSA) is 161 Å². The maximum Gasteiger partial charge on any atom is 0.407 e. The standard InChI is InChI=1S/C63H114N2O10/c1-4-7-10-13-16-19-22-24-26-28-30-33-36-39-42-46-60(68)72-56-59(57-73-61(69)47-43-40-37-34-31-29-27-25-23-20-17-14-11-8-5-2)74-62(70)49-48-58(45-41-38-35-32-21-18-15-12-9-6-3)75-63(71)64-50-44-51-65(52-54-66)53-55-67/h16-17,19-20,24-27,58-59,66-67H,4-15,18,21-23,28-57H2,1-3H3,(H,64,71)/b19-16-,20-17-,26-24-,27-25-. The van der Waals surface area contributed by atoms with Gasteiger partial charge in [0.05, 0.1) is 13.2 Å². The van der Waals surface area contributed by atoms with Gasteiger partial charge in [0.15, 0.2) is 6.10 Å². The predicted molar refractivity (Wildman–Crippen MR) is 310 cm³/mol. The third kappa shape index (κ3) is 53.7. The van der Waals surface area contributed by atoms with Crippen molar-refractivity contribution < 1.29 is 48.3 Å². The first-order chi connectivity index (χ1) is 36.8. The quantitative estimate of drug-likeness (QED) is 0.0230. The number of nitrogens with zero attached hydrogens (tertiary/aromatic N) is 1. The summed E-state index contributed by atoms with van der Waals surface area (Å²) in [6.07, 6.45) is 53.7. The molecular formula is C63H114N2O10. The Hall–Kier alpha value is -3.48. The molecule has 0 fully saturated rings. The second-order valence-corrected chi connectivity index (χ2v) is 20.5. The second-order valence-electron chi connectivity index (χ2n) is 20.5. The normalized spacial score (nSPS) is 12.3. The summed E-state index contributed by atoms with van der Waals surface area (Å²) in [4.78, 5) is 54.0. The van der Waals surface area contributed by atoms with Gasteiger partial charge in [0.25, 0.3) is 0 Å². The van der Waals surface area contributed by atoms with Crippen LogP contribution in [0.5, 0.6) is 0 Å². The number of amides is 1. The van der Waals surface area contributed by atoms with Gasteiger partial charge in [0.1, 0.15) is 19.3 Å².